The first-order valence-corrected chi connectivity index (χ1v) is 10.1. The van der Waals surface area contributed by atoms with Crippen LogP contribution < -0.4 is 0 Å². The van der Waals surface area contributed by atoms with Crippen LogP contribution in [-0.4, -0.2) is 58.3 Å². The summed E-state index contributed by atoms with van der Waals surface area (Å²) < 4.78 is 25.3. The third kappa shape index (κ3) is 3.15. The van der Waals surface area contributed by atoms with E-state index in [0.717, 1.165) is 11.9 Å². The standard InChI is InChI=1S/C16H22N4O3S/c1-3-8-19(13-7-9-24(22,23)11-13)16(21)12-5-6-15-14(10-12)17-18-20(15)4-2/h5-6,10,13H,3-4,7-9,11H2,1-2H3. The van der Waals surface area contributed by atoms with Gasteiger partial charge >= 0.3 is 0 Å². The summed E-state index contributed by atoms with van der Waals surface area (Å²) in [5.41, 5.74) is 2.10. The minimum absolute atomic E-state index is 0.0625. The van der Waals surface area contributed by atoms with Gasteiger partial charge in [0.05, 0.1) is 17.0 Å². The Hall–Kier alpha value is -1.96. The molecule has 0 saturated carbocycles. The van der Waals surface area contributed by atoms with E-state index >= 15 is 0 Å². The molecule has 2 aromatic rings. The summed E-state index contributed by atoms with van der Waals surface area (Å²) >= 11 is 0. The molecule has 8 heteroatoms. The molecule has 0 bridgehead atoms. The second-order valence-corrected chi connectivity index (χ2v) is 8.39. The summed E-state index contributed by atoms with van der Waals surface area (Å²) in [7, 11) is -3.03. The van der Waals surface area contributed by atoms with Crippen LogP contribution in [0.1, 0.15) is 37.0 Å². The van der Waals surface area contributed by atoms with Gasteiger partial charge in [0.2, 0.25) is 0 Å². The topological polar surface area (TPSA) is 85.2 Å². The largest absolute Gasteiger partial charge is 0.335 e. The Morgan fingerprint density at radius 2 is 2.17 bits per heavy atom. The molecule has 2 heterocycles. The van der Waals surface area contributed by atoms with Gasteiger partial charge in [-0.1, -0.05) is 12.1 Å². The number of carbonyl (C=O) groups excluding carboxylic acids is 1. The van der Waals surface area contributed by atoms with Crippen molar-refractivity contribution < 1.29 is 13.2 Å². The average molecular weight is 350 g/mol. The molecule has 1 aliphatic rings. The molecule has 7 nitrogen and oxygen atoms in total. The minimum Gasteiger partial charge on any atom is -0.335 e. The van der Waals surface area contributed by atoms with Gasteiger partial charge in [-0.3, -0.25) is 4.79 Å². The number of benzene rings is 1. The first-order chi connectivity index (χ1) is 11.4. The highest BCUT2D eigenvalue weighted by atomic mass is 32.2. The van der Waals surface area contributed by atoms with E-state index in [1.54, 1.807) is 21.7 Å². The lowest BCUT2D eigenvalue weighted by atomic mass is 10.1. The maximum Gasteiger partial charge on any atom is 0.254 e. The van der Waals surface area contributed by atoms with Crippen LogP contribution in [0, 0.1) is 0 Å². The molecule has 0 N–H and O–H groups in total. The monoisotopic (exact) mass is 350 g/mol. The molecule has 1 atom stereocenters. The maximum absolute atomic E-state index is 12.9. The molecule has 0 aliphatic carbocycles. The number of fused-ring (bicyclic) bond motifs is 1. The molecule has 0 radical (unpaired) electrons. The summed E-state index contributed by atoms with van der Waals surface area (Å²) in [5, 5.41) is 8.16. The van der Waals surface area contributed by atoms with Gasteiger partial charge in [-0.2, -0.15) is 0 Å². The van der Waals surface area contributed by atoms with Crippen molar-refractivity contribution in [3.05, 3.63) is 23.8 Å². The SMILES string of the molecule is CCCN(C(=O)c1ccc2c(c1)nnn2CC)C1CCS(=O)(=O)C1. The molecule has 1 aromatic carbocycles. The van der Waals surface area contributed by atoms with Gasteiger partial charge in [0, 0.05) is 24.7 Å². The molecule has 1 amide bonds. The van der Waals surface area contributed by atoms with Gasteiger partial charge in [0.1, 0.15) is 5.52 Å². The van der Waals surface area contributed by atoms with Crippen LogP contribution in [-0.2, 0) is 16.4 Å². The number of rotatable bonds is 5. The van der Waals surface area contributed by atoms with Crippen molar-refractivity contribution >= 4 is 26.8 Å². The minimum atomic E-state index is -3.03. The molecule has 1 unspecified atom stereocenters. The van der Waals surface area contributed by atoms with Crippen molar-refractivity contribution in [2.24, 2.45) is 0 Å². The van der Waals surface area contributed by atoms with E-state index in [4.69, 9.17) is 0 Å². The summed E-state index contributed by atoms with van der Waals surface area (Å²) in [6, 6.07) is 5.13. The smallest absolute Gasteiger partial charge is 0.254 e. The fourth-order valence-electron chi connectivity index (χ4n) is 3.22. The second-order valence-electron chi connectivity index (χ2n) is 6.16. The van der Waals surface area contributed by atoms with Gasteiger partial charge in [0.15, 0.2) is 9.84 Å². The average Bonchev–Trinajstić information content (AvgIpc) is 3.13. The fraction of sp³-hybridized carbons (Fsp3) is 0.562. The van der Waals surface area contributed by atoms with E-state index in [1.807, 2.05) is 19.9 Å². The number of sulfone groups is 1. The van der Waals surface area contributed by atoms with Crippen molar-refractivity contribution in [3.63, 3.8) is 0 Å². The van der Waals surface area contributed by atoms with Crippen LogP contribution in [0.3, 0.4) is 0 Å². The lowest BCUT2D eigenvalue weighted by Gasteiger charge is -2.28. The molecule has 24 heavy (non-hydrogen) atoms. The predicted molar refractivity (Wildman–Crippen MR) is 91.6 cm³/mol. The van der Waals surface area contributed by atoms with E-state index in [2.05, 4.69) is 10.3 Å². The van der Waals surface area contributed by atoms with Gasteiger partial charge in [-0.25, -0.2) is 13.1 Å². The van der Waals surface area contributed by atoms with Crippen molar-refractivity contribution in [3.8, 4) is 0 Å². The molecule has 1 aliphatic heterocycles. The number of aryl methyl sites for hydroxylation is 1. The predicted octanol–water partition coefficient (Wildman–Crippen LogP) is 1.49. The molecular formula is C16H22N4O3S. The Labute approximate surface area is 141 Å². The van der Waals surface area contributed by atoms with Crippen molar-refractivity contribution in [1.29, 1.82) is 0 Å². The molecular weight excluding hydrogens is 328 g/mol. The zero-order valence-electron chi connectivity index (χ0n) is 14.0. The summed E-state index contributed by atoms with van der Waals surface area (Å²) in [6.45, 7) is 5.24. The summed E-state index contributed by atoms with van der Waals surface area (Å²) in [6.07, 6.45) is 1.30. The highest BCUT2D eigenvalue weighted by molar-refractivity contribution is 7.91. The van der Waals surface area contributed by atoms with Gasteiger partial charge < -0.3 is 4.90 Å². The molecule has 130 valence electrons. The van der Waals surface area contributed by atoms with Crippen molar-refractivity contribution in [1.82, 2.24) is 19.9 Å². The van der Waals surface area contributed by atoms with Crippen LogP contribution >= 0.6 is 0 Å². The van der Waals surface area contributed by atoms with Crippen LogP contribution in [0.5, 0.6) is 0 Å². The molecule has 1 saturated heterocycles. The fourth-order valence-corrected chi connectivity index (χ4v) is 4.95. The normalized spacial score (nSPS) is 19.7. The van der Waals surface area contributed by atoms with Crippen molar-refractivity contribution in [2.75, 3.05) is 18.1 Å². The zero-order chi connectivity index (χ0) is 17.3. The van der Waals surface area contributed by atoms with E-state index in [1.165, 1.54) is 0 Å². The lowest BCUT2D eigenvalue weighted by Crippen LogP contribution is -2.41. The molecule has 1 aromatic heterocycles. The van der Waals surface area contributed by atoms with Gasteiger partial charge in [-0.15, -0.1) is 5.10 Å². The maximum atomic E-state index is 12.9. The second kappa shape index (κ2) is 6.51. The highest BCUT2D eigenvalue weighted by Crippen LogP contribution is 2.22. The molecule has 3 rings (SSSR count). The zero-order valence-corrected chi connectivity index (χ0v) is 14.8. The molecule has 0 spiro atoms. The van der Waals surface area contributed by atoms with Crippen molar-refractivity contribution in [2.45, 2.75) is 39.3 Å². The number of hydrogen-bond acceptors (Lipinski definition) is 5. The Morgan fingerprint density at radius 1 is 1.38 bits per heavy atom. The van der Waals surface area contributed by atoms with Crippen LogP contribution in [0.2, 0.25) is 0 Å². The summed E-state index contributed by atoms with van der Waals surface area (Å²) in [5.74, 6) is 0.0917. The number of aromatic nitrogens is 3. The van der Waals surface area contributed by atoms with E-state index in [9.17, 15) is 13.2 Å². The van der Waals surface area contributed by atoms with Crippen LogP contribution in [0.25, 0.3) is 11.0 Å². The van der Waals surface area contributed by atoms with E-state index < -0.39 is 9.84 Å². The van der Waals surface area contributed by atoms with Crippen LogP contribution in [0.4, 0.5) is 0 Å². The molecule has 1 fully saturated rings. The lowest BCUT2D eigenvalue weighted by molar-refractivity contribution is 0.0697. The first-order valence-electron chi connectivity index (χ1n) is 8.30. The van der Waals surface area contributed by atoms with Gasteiger partial charge in [0.25, 0.3) is 5.91 Å². The number of carbonyl (C=O) groups is 1. The Kier molecular flexibility index (Phi) is 4.58. The number of nitrogens with zero attached hydrogens (tertiary/aromatic N) is 4. The third-order valence-corrected chi connectivity index (χ3v) is 6.19. The third-order valence-electron chi connectivity index (χ3n) is 4.43. The highest BCUT2D eigenvalue weighted by Gasteiger charge is 2.34. The quantitative estimate of drug-likeness (QED) is 0.815. The summed E-state index contributed by atoms with van der Waals surface area (Å²) in [4.78, 5) is 14.6. The van der Waals surface area contributed by atoms with E-state index in [0.29, 0.717) is 30.6 Å². The number of hydrogen-bond donors (Lipinski definition) is 0. The Bertz CT molecular complexity index is 859. The Morgan fingerprint density at radius 3 is 2.79 bits per heavy atom. The van der Waals surface area contributed by atoms with Gasteiger partial charge in [-0.05, 0) is 38.0 Å². The number of amides is 1. The Balaban J connectivity index is 1.90. The first kappa shape index (κ1) is 16.9. The van der Waals surface area contributed by atoms with E-state index in [-0.39, 0.29) is 23.5 Å². The van der Waals surface area contributed by atoms with Crippen LogP contribution in [0.15, 0.2) is 18.2 Å².